The van der Waals surface area contributed by atoms with Gasteiger partial charge in [0.1, 0.15) is 6.17 Å². The molecule has 1 heteroatoms. The average Bonchev–Trinajstić information content (AvgIpc) is 2.68. The summed E-state index contributed by atoms with van der Waals surface area (Å²) in [5.41, 5.74) is 0. The molecule has 0 bridgehead atoms. The molecule has 0 spiro atoms. The second kappa shape index (κ2) is 2.76. The molecular weight excluding hydrogens is 139 g/mol. The number of hydrogen-bond donors (Lipinski definition) is 0. The minimum absolute atomic E-state index is 0.443. The predicted molar refractivity (Wildman–Crippen MR) is 44.1 cm³/mol. The quantitative estimate of drug-likeness (QED) is 0.547. The van der Waals surface area contributed by atoms with Gasteiger partial charge >= 0.3 is 0 Å². The van der Waals surface area contributed by atoms with Crippen LogP contribution in [0.15, 0.2) is 0 Å². The summed E-state index contributed by atoms with van der Waals surface area (Å²) in [6.45, 7) is 2.26. The van der Waals surface area contributed by atoms with Crippen LogP contribution in [-0.4, -0.2) is 6.17 Å². The molecule has 2 aliphatic rings. The predicted octanol–water partition coefficient (Wildman–Crippen LogP) is 3.17. The molecule has 2 aliphatic carbocycles. The normalized spacial score (nSPS) is 50.7. The van der Waals surface area contributed by atoms with Crippen molar-refractivity contribution in [3.05, 3.63) is 0 Å². The van der Waals surface area contributed by atoms with E-state index in [0.717, 1.165) is 31.1 Å². The maximum absolute atomic E-state index is 13.3. The van der Waals surface area contributed by atoms with Gasteiger partial charge in [-0.2, -0.15) is 0 Å². The Kier molecular flexibility index (Phi) is 1.90. The molecule has 2 fully saturated rings. The Morgan fingerprint density at radius 1 is 1.09 bits per heavy atom. The molecule has 0 heterocycles. The minimum Gasteiger partial charge on any atom is -0.247 e. The SMILES string of the molecule is CC1CC1C1CCCCC1F. The minimum atomic E-state index is -0.460. The monoisotopic (exact) mass is 156 g/mol. The van der Waals surface area contributed by atoms with Crippen molar-refractivity contribution in [1.82, 2.24) is 0 Å². The maximum Gasteiger partial charge on any atom is 0.103 e. The first kappa shape index (κ1) is 7.57. The molecular formula is C10H17F. The largest absolute Gasteiger partial charge is 0.247 e. The zero-order chi connectivity index (χ0) is 7.84. The molecule has 11 heavy (non-hydrogen) atoms. The molecule has 0 aromatic heterocycles. The fourth-order valence-electron chi connectivity index (χ4n) is 2.54. The summed E-state index contributed by atoms with van der Waals surface area (Å²) >= 11 is 0. The second-order valence-corrected chi connectivity index (χ2v) is 4.34. The van der Waals surface area contributed by atoms with Crippen LogP contribution >= 0.6 is 0 Å². The van der Waals surface area contributed by atoms with Crippen molar-refractivity contribution in [3.8, 4) is 0 Å². The molecule has 4 atom stereocenters. The van der Waals surface area contributed by atoms with Gasteiger partial charge in [-0.1, -0.05) is 19.8 Å². The molecule has 4 unspecified atom stereocenters. The first-order valence-corrected chi connectivity index (χ1v) is 4.93. The lowest BCUT2D eigenvalue weighted by atomic mass is 9.83. The van der Waals surface area contributed by atoms with Crippen LogP contribution < -0.4 is 0 Å². The van der Waals surface area contributed by atoms with Crippen LogP contribution in [-0.2, 0) is 0 Å². The molecule has 0 saturated heterocycles. The van der Waals surface area contributed by atoms with Gasteiger partial charge in [-0.3, -0.25) is 0 Å². The van der Waals surface area contributed by atoms with E-state index in [9.17, 15) is 4.39 Å². The van der Waals surface area contributed by atoms with E-state index in [2.05, 4.69) is 6.92 Å². The van der Waals surface area contributed by atoms with Crippen molar-refractivity contribution < 1.29 is 4.39 Å². The fourth-order valence-corrected chi connectivity index (χ4v) is 2.54. The van der Waals surface area contributed by atoms with E-state index in [1.807, 2.05) is 0 Å². The summed E-state index contributed by atoms with van der Waals surface area (Å²) in [6.07, 6.45) is 5.24. The molecule has 0 aromatic rings. The van der Waals surface area contributed by atoms with Gasteiger partial charge in [0.15, 0.2) is 0 Å². The molecule has 0 amide bonds. The summed E-state index contributed by atoms with van der Waals surface area (Å²) in [4.78, 5) is 0. The second-order valence-electron chi connectivity index (χ2n) is 4.34. The molecule has 0 aromatic carbocycles. The standard InChI is InChI=1S/C10H17F/c1-7-6-9(7)8-4-2-3-5-10(8)11/h7-10H,2-6H2,1H3. The van der Waals surface area contributed by atoms with E-state index in [-0.39, 0.29) is 0 Å². The summed E-state index contributed by atoms with van der Waals surface area (Å²) in [7, 11) is 0. The van der Waals surface area contributed by atoms with E-state index < -0.39 is 6.17 Å². The van der Waals surface area contributed by atoms with Gasteiger partial charge in [0.2, 0.25) is 0 Å². The zero-order valence-corrected chi connectivity index (χ0v) is 7.22. The van der Waals surface area contributed by atoms with Gasteiger partial charge in [-0.05, 0) is 37.0 Å². The van der Waals surface area contributed by atoms with Crippen LogP contribution in [0.4, 0.5) is 4.39 Å². The van der Waals surface area contributed by atoms with Crippen molar-refractivity contribution in [1.29, 1.82) is 0 Å². The lowest BCUT2D eigenvalue weighted by Crippen LogP contribution is -2.22. The summed E-state index contributed by atoms with van der Waals surface area (Å²) < 4.78 is 13.3. The summed E-state index contributed by atoms with van der Waals surface area (Å²) in [6, 6.07) is 0. The highest BCUT2D eigenvalue weighted by molar-refractivity contribution is 4.92. The Balaban J connectivity index is 1.90. The Bertz CT molecular complexity index is 142. The Morgan fingerprint density at radius 2 is 1.73 bits per heavy atom. The van der Waals surface area contributed by atoms with Gasteiger partial charge in [-0.15, -0.1) is 0 Å². The van der Waals surface area contributed by atoms with Crippen LogP contribution in [0.2, 0.25) is 0 Å². The van der Waals surface area contributed by atoms with Gasteiger partial charge in [-0.25, -0.2) is 4.39 Å². The number of alkyl halides is 1. The maximum atomic E-state index is 13.3. The molecule has 2 rings (SSSR count). The highest BCUT2D eigenvalue weighted by Gasteiger charge is 2.43. The van der Waals surface area contributed by atoms with Crippen molar-refractivity contribution in [2.75, 3.05) is 0 Å². The van der Waals surface area contributed by atoms with Crippen molar-refractivity contribution in [2.24, 2.45) is 17.8 Å². The summed E-state index contributed by atoms with van der Waals surface area (Å²) in [5, 5.41) is 0. The smallest absolute Gasteiger partial charge is 0.103 e. The van der Waals surface area contributed by atoms with Crippen LogP contribution in [0, 0.1) is 17.8 Å². The molecule has 0 nitrogen and oxygen atoms in total. The first-order chi connectivity index (χ1) is 5.29. The molecule has 0 N–H and O–H groups in total. The van der Waals surface area contributed by atoms with Crippen LogP contribution in [0.25, 0.3) is 0 Å². The Labute approximate surface area is 68.2 Å². The van der Waals surface area contributed by atoms with Gasteiger partial charge in [0.05, 0.1) is 0 Å². The van der Waals surface area contributed by atoms with E-state index in [0.29, 0.717) is 5.92 Å². The Hall–Kier alpha value is -0.0700. The van der Waals surface area contributed by atoms with Gasteiger partial charge < -0.3 is 0 Å². The number of rotatable bonds is 1. The number of hydrogen-bond acceptors (Lipinski definition) is 0. The molecule has 0 aliphatic heterocycles. The van der Waals surface area contributed by atoms with Crippen LogP contribution in [0.5, 0.6) is 0 Å². The van der Waals surface area contributed by atoms with Crippen molar-refractivity contribution in [3.63, 3.8) is 0 Å². The summed E-state index contributed by atoms with van der Waals surface area (Å²) in [5.74, 6) is 2.03. The first-order valence-electron chi connectivity index (χ1n) is 4.93. The van der Waals surface area contributed by atoms with Crippen molar-refractivity contribution >= 4 is 0 Å². The molecule has 64 valence electrons. The zero-order valence-electron chi connectivity index (χ0n) is 7.22. The van der Waals surface area contributed by atoms with E-state index in [1.54, 1.807) is 0 Å². The van der Waals surface area contributed by atoms with Crippen LogP contribution in [0.3, 0.4) is 0 Å². The van der Waals surface area contributed by atoms with Gasteiger partial charge in [0.25, 0.3) is 0 Å². The third-order valence-corrected chi connectivity index (χ3v) is 3.45. The lowest BCUT2D eigenvalue weighted by Gasteiger charge is -2.25. The van der Waals surface area contributed by atoms with Crippen LogP contribution in [0.1, 0.15) is 39.0 Å². The lowest BCUT2D eigenvalue weighted by molar-refractivity contribution is 0.143. The third kappa shape index (κ3) is 1.43. The van der Waals surface area contributed by atoms with E-state index >= 15 is 0 Å². The highest BCUT2D eigenvalue weighted by Crippen LogP contribution is 2.49. The highest BCUT2D eigenvalue weighted by atomic mass is 19.1. The van der Waals surface area contributed by atoms with E-state index in [1.165, 1.54) is 12.8 Å². The number of halogens is 1. The van der Waals surface area contributed by atoms with Gasteiger partial charge in [0, 0.05) is 0 Å². The van der Waals surface area contributed by atoms with Crippen molar-refractivity contribution in [2.45, 2.75) is 45.2 Å². The Morgan fingerprint density at radius 3 is 2.27 bits per heavy atom. The fraction of sp³-hybridized carbons (Fsp3) is 1.00. The van der Waals surface area contributed by atoms with E-state index in [4.69, 9.17) is 0 Å². The molecule has 2 saturated carbocycles. The average molecular weight is 156 g/mol. The molecule has 0 radical (unpaired) electrons. The topological polar surface area (TPSA) is 0 Å². The third-order valence-electron chi connectivity index (χ3n) is 3.45.